The van der Waals surface area contributed by atoms with E-state index in [9.17, 15) is 13.2 Å². The summed E-state index contributed by atoms with van der Waals surface area (Å²) in [6, 6.07) is 7.59. The monoisotopic (exact) mass is 259 g/mol. The molecule has 0 aliphatic carbocycles. The highest BCUT2D eigenvalue weighted by Crippen LogP contribution is 2.27. The summed E-state index contributed by atoms with van der Waals surface area (Å²) in [5, 5.41) is 2.96. The quantitative estimate of drug-likeness (QED) is 0.805. The van der Waals surface area contributed by atoms with Gasteiger partial charge in [0.25, 0.3) is 0 Å². The molecule has 0 spiro atoms. The Balaban J connectivity index is 2.72. The first-order valence-corrected chi connectivity index (χ1v) is 6.29. The van der Waals surface area contributed by atoms with E-state index >= 15 is 0 Å². The topological polar surface area (TPSA) is 12.0 Å². The van der Waals surface area contributed by atoms with Crippen LogP contribution >= 0.6 is 0 Å². The van der Waals surface area contributed by atoms with Gasteiger partial charge in [-0.2, -0.15) is 13.2 Å². The lowest BCUT2D eigenvalue weighted by Gasteiger charge is -2.18. The molecule has 4 heteroatoms. The lowest BCUT2D eigenvalue weighted by atomic mass is 9.98. The van der Waals surface area contributed by atoms with Crippen LogP contribution in [0.15, 0.2) is 24.3 Å². The molecule has 1 atom stereocenters. The highest BCUT2D eigenvalue weighted by Gasteiger charge is 2.28. The molecule has 18 heavy (non-hydrogen) atoms. The molecule has 0 amide bonds. The van der Waals surface area contributed by atoms with E-state index in [2.05, 4.69) is 12.2 Å². The Bertz CT molecular complexity index is 360. The number of aryl methyl sites for hydroxylation is 1. The molecule has 0 radical (unpaired) electrons. The number of hydrogen-bond acceptors (Lipinski definition) is 1. The third kappa shape index (κ3) is 5.08. The molecule has 0 aromatic heterocycles. The second-order valence-electron chi connectivity index (χ2n) is 4.49. The summed E-state index contributed by atoms with van der Waals surface area (Å²) in [5.41, 5.74) is 2.12. The van der Waals surface area contributed by atoms with Crippen molar-refractivity contribution in [1.82, 2.24) is 5.32 Å². The molecule has 0 bridgehead atoms. The Labute approximate surface area is 106 Å². The molecular formula is C14H20F3N. The zero-order valence-corrected chi connectivity index (χ0v) is 10.8. The molecule has 1 nitrogen and oxygen atoms in total. The average Bonchev–Trinajstić information content (AvgIpc) is 2.29. The number of rotatable bonds is 6. The first-order valence-electron chi connectivity index (χ1n) is 6.29. The number of nitrogens with one attached hydrogen (secondary N) is 1. The minimum Gasteiger partial charge on any atom is -0.313 e. The van der Waals surface area contributed by atoms with E-state index in [-0.39, 0.29) is 12.5 Å². The van der Waals surface area contributed by atoms with E-state index in [0.29, 0.717) is 0 Å². The Morgan fingerprint density at radius 2 is 2.00 bits per heavy atom. The first kappa shape index (κ1) is 15.0. The SMILES string of the molecule is CCCc1cccc(C(CCC(F)(F)F)NC)c1. The van der Waals surface area contributed by atoms with Crippen molar-refractivity contribution < 1.29 is 13.2 Å². The van der Waals surface area contributed by atoms with Gasteiger partial charge in [0.15, 0.2) is 0 Å². The zero-order valence-electron chi connectivity index (χ0n) is 10.8. The van der Waals surface area contributed by atoms with Crippen LogP contribution < -0.4 is 5.32 Å². The van der Waals surface area contributed by atoms with Crippen LogP contribution in [0.5, 0.6) is 0 Å². The molecule has 0 fully saturated rings. The van der Waals surface area contributed by atoms with Gasteiger partial charge in [-0.1, -0.05) is 37.6 Å². The summed E-state index contributed by atoms with van der Waals surface area (Å²) in [7, 11) is 1.70. The first-order chi connectivity index (χ1) is 8.46. The Hall–Kier alpha value is -1.03. The maximum Gasteiger partial charge on any atom is 0.389 e. The molecule has 1 N–H and O–H groups in total. The molecule has 0 aliphatic rings. The predicted octanol–water partition coefficient (Wildman–Crippen LogP) is 4.24. The van der Waals surface area contributed by atoms with Gasteiger partial charge >= 0.3 is 6.18 Å². The normalized spacial score (nSPS) is 13.6. The van der Waals surface area contributed by atoms with E-state index in [1.807, 2.05) is 24.3 Å². The minimum atomic E-state index is -4.09. The van der Waals surface area contributed by atoms with E-state index in [0.717, 1.165) is 18.4 Å². The van der Waals surface area contributed by atoms with Crippen molar-refractivity contribution in [2.75, 3.05) is 7.05 Å². The van der Waals surface area contributed by atoms with Crippen LogP contribution in [0.25, 0.3) is 0 Å². The third-order valence-corrected chi connectivity index (χ3v) is 2.96. The fourth-order valence-corrected chi connectivity index (χ4v) is 2.04. The maximum atomic E-state index is 12.2. The highest BCUT2D eigenvalue weighted by molar-refractivity contribution is 5.26. The molecular weight excluding hydrogens is 239 g/mol. The zero-order chi connectivity index (χ0) is 13.6. The van der Waals surface area contributed by atoms with Gasteiger partial charge < -0.3 is 5.32 Å². The second kappa shape index (κ2) is 6.78. The van der Waals surface area contributed by atoms with Gasteiger partial charge in [0, 0.05) is 12.5 Å². The molecule has 1 rings (SSSR count). The van der Waals surface area contributed by atoms with Crippen molar-refractivity contribution in [1.29, 1.82) is 0 Å². The van der Waals surface area contributed by atoms with E-state index in [1.165, 1.54) is 5.56 Å². The molecule has 1 aromatic rings. The van der Waals surface area contributed by atoms with Crippen molar-refractivity contribution in [2.24, 2.45) is 0 Å². The van der Waals surface area contributed by atoms with Crippen molar-refractivity contribution in [3.05, 3.63) is 35.4 Å². The van der Waals surface area contributed by atoms with Crippen molar-refractivity contribution in [3.63, 3.8) is 0 Å². The molecule has 0 aliphatic heterocycles. The summed E-state index contributed by atoms with van der Waals surface area (Å²) in [6.07, 6.45) is -2.76. The van der Waals surface area contributed by atoms with Crippen LogP contribution in [-0.4, -0.2) is 13.2 Å². The van der Waals surface area contributed by atoms with Crippen LogP contribution in [0.3, 0.4) is 0 Å². The van der Waals surface area contributed by atoms with Crippen LogP contribution in [0, 0.1) is 0 Å². The Morgan fingerprint density at radius 3 is 2.56 bits per heavy atom. The summed E-state index contributed by atoms with van der Waals surface area (Å²) >= 11 is 0. The number of halogens is 3. The van der Waals surface area contributed by atoms with Gasteiger partial charge in [-0.25, -0.2) is 0 Å². The highest BCUT2D eigenvalue weighted by atomic mass is 19.4. The molecule has 102 valence electrons. The van der Waals surface area contributed by atoms with Crippen LogP contribution in [-0.2, 0) is 6.42 Å². The minimum absolute atomic E-state index is 0.0789. The lowest BCUT2D eigenvalue weighted by Crippen LogP contribution is -2.19. The van der Waals surface area contributed by atoms with Gasteiger partial charge in [-0.3, -0.25) is 0 Å². The Kier molecular flexibility index (Phi) is 5.66. The van der Waals surface area contributed by atoms with Gasteiger partial charge in [0.1, 0.15) is 0 Å². The largest absolute Gasteiger partial charge is 0.389 e. The lowest BCUT2D eigenvalue weighted by molar-refractivity contribution is -0.136. The van der Waals surface area contributed by atoms with E-state index in [4.69, 9.17) is 0 Å². The Morgan fingerprint density at radius 1 is 1.28 bits per heavy atom. The predicted molar refractivity (Wildman–Crippen MR) is 67.5 cm³/mol. The molecule has 0 saturated heterocycles. The number of alkyl halides is 3. The summed E-state index contributed by atoms with van der Waals surface area (Å²) in [6.45, 7) is 2.09. The van der Waals surface area contributed by atoms with Crippen LogP contribution in [0.1, 0.15) is 43.4 Å². The number of benzene rings is 1. The maximum absolute atomic E-state index is 12.2. The summed E-state index contributed by atoms with van der Waals surface area (Å²) in [4.78, 5) is 0. The van der Waals surface area contributed by atoms with E-state index < -0.39 is 12.6 Å². The summed E-state index contributed by atoms with van der Waals surface area (Å²) in [5.74, 6) is 0. The smallest absolute Gasteiger partial charge is 0.313 e. The van der Waals surface area contributed by atoms with Gasteiger partial charge in [-0.15, -0.1) is 0 Å². The fourth-order valence-electron chi connectivity index (χ4n) is 2.04. The fraction of sp³-hybridized carbons (Fsp3) is 0.571. The number of hydrogen-bond donors (Lipinski definition) is 1. The van der Waals surface area contributed by atoms with Gasteiger partial charge in [0.05, 0.1) is 0 Å². The van der Waals surface area contributed by atoms with Crippen molar-refractivity contribution in [2.45, 2.75) is 44.8 Å². The van der Waals surface area contributed by atoms with Gasteiger partial charge in [-0.05, 0) is 31.0 Å². The van der Waals surface area contributed by atoms with Gasteiger partial charge in [0.2, 0.25) is 0 Å². The van der Waals surface area contributed by atoms with Crippen LogP contribution in [0.2, 0.25) is 0 Å². The molecule has 0 saturated carbocycles. The molecule has 0 heterocycles. The molecule has 1 aromatic carbocycles. The second-order valence-corrected chi connectivity index (χ2v) is 4.49. The average molecular weight is 259 g/mol. The molecule has 1 unspecified atom stereocenters. The van der Waals surface area contributed by atoms with E-state index in [1.54, 1.807) is 7.05 Å². The standard InChI is InChI=1S/C14H20F3N/c1-3-5-11-6-4-7-12(10-11)13(18-2)8-9-14(15,16)17/h4,6-7,10,13,18H,3,5,8-9H2,1-2H3. The van der Waals surface area contributed by atoms with Crippen molar-refractivity contribution >= 4 is 0 Å². The third-order valence-electron chi connectivity index (χ3n) is 2.96. The van der Waals surface area contributed by atoms with Crippen molar-refractivity contribution in [3.8, 4) is 0 Å². The van der Waals surface area contributed by atoms with Crippen LogP contribution in [0.4, 0.5) is 13.2 Å². The summed E-state index contributed by atoms with van der Waals surface area (Å²) < 4.78 is 36.7.